The number of para-hydroxylation sites is 4. The molecule has 7 rings (SSSR count). The molecule has 0 bridgehead atoms. The predicted molar refractivity (Wildman–Crippen MR) is 109 cm³/mol. The Morgan fingerprint density at radius 2 is 1.50 bits per heavy atom. The minimum Gasteiger partial charge on any atom is -0.453 e. The number of nitrogens with zero attached hydrogens (tertiary/aromatic N) is 1. The maximum atomic E-state index is 6.45. The summed E-state index contributed by atoms with van der Waals surface area (Å²) >= 11 is 0. The third kappa shape index (κ3) is 1.62. The van der Waals surface area contributed by atoms with E-state index in [1.54, 1.807) is 0 Å². The quantitative estimate of drug-likeness (QED) is 0.308. The summed E-state index contributed by atoms with van der Waals surface area (Å²) in [6, 6.07) is 18.2. The van der Waals surface area contributed by atoms with E-state index in [0.717, 1.165) is 62.2 Å². The topological polar surface area (TPSA) is 37.5 Å². The molecule has 2 aliphatic heterocycles. The Bertz CT molecular complexity index is 1440. The fourth-order valence-corrected chi connectivity index (χ4v) is 4.27. The van der Waals surface area contributed by atoms with Gasteiger partial charge in [-0.05, 0) is 30.3 Å². The molecule has 0 unspecified atom stereocenters. The summed E-state index contributed by atoms with van der Waals surface area (Å²) in [6.07, 6.45) is 3.86. The number of ether oxygens (including phenoxy) is 2. The minimum atomic E-state index is 0.773. The van der Waals surface area contributed by atoms with Gasteiger partial charge in [0.2, 0.25) is 0 Å². The molecule has 3 aliphatic rings. The molecule has 0 spiro atoms. The molecule has 28 heavy (non-hydrogen) atoms. The van der Waals surface area contributed by atoms with Gasteiger partial charge in [0, 0.05) is 17.7 Å². The second-order valence-corrected chi connectivity index (χ2v) is 6.98. The van der Waals surface area contributed by atoms with E-state index in [1.165, 1.54) is 0 Å². The average Bonchev–Trinajstić information content (AvgIpc) is 3.11. The number of rotatable bonds is 0. The van der Waals surface area contributed by atoms with Crippen molar-refractivity contribution in [3.8, 4) is 23.0 Å². The van der Waals surface area contributed by atoms with Crippen molar-refractivity contribution in [2.75, 3.05) is 4.90 Å². The highest BCUT2D eigenvalue weighted by Gasteiger charge is 2.36. The van der Waals surface area contributed by atoms with Crippen molar-refractivity contribution in [2.45, 2.75) is 0 Å². The zero-order valence-electron chi connectivity index (χ0n) is 14.6. The number of fused-ring (bicyclic) bond motifs is 8. The van der Waals surface area contributed by atoms with Gasteiger partial charge < -0.3 is 14.5 Å². The van der Waals surface area contributed by atoms with Crippen LogP contribution in [0.1, 0.15) is 11.3 Å². The molecule has 3 aromatic carbocycles. The molecule has 0 amide bonds. The predicted octanol–water partition coefficient (Wildman–Crippen LogP) is 6.64. The van der Waals surface area contributed by atoms with E-state index in [-0.39, 0.29) is 0 Å². The lowest BCUT2D eigenvalue weighted by molar-refractivity contribution is 0.450. The van der Waals surface area contributed by atoms with E-state index < -0.39 is 0 Å². The van der Waals surface area contributed by atoms with E-state index in [1.807, 2.05) is 48.6 Å². The third-order valence-electron chi connectivity index (χ3n) is 5.43. The SMILES string of the molecule is C1=C=Cc2c([nH]c3cc4c5c(c23)Oc2ccccc2N5c2ccccc2O4)C=1. The van der Waals surface area contributed by atoms with Gasteiger partial charge in [0.05, 0.1) is 28.0 Å². The van der Waals surface area contributed by atoms with Crippen LogP contribution in [-0.2, 0) is 0 Å². The summed E-state index contributed by atoms with van der Waals surface area (Å²) in [5.74, 6) is 3.22. The number of nitrogens with one attached hydrogen (secondary N) is 1. The molecule has 0 saturated heterocycles. The van der Waals surface area contributed by atoms with E-state index in [0.29, 0.717) is 0 Å². The van der Waals surface area contributed by atoms with Crippen LogP contribution in [0.3, 0.4) is 0 Å². The van der Waals surface area contributed by atoms with E-state index >= 15 is 0 Å². The van der Waals surface area contributed by atoms with Crippen LogP contribution in [0.2, 0.25) is 0 Å². The van der Waals surface area contributed by atoms with Crippen molar-refractivity contribution >= 4 is 40.1 Å². The van der Waals surface area contributed by atoms with Gasteiger partial charge in [-0.25, -0.2) is 0 Å². The molecular weight excluding hydrogens is 348 g/mol. The number of aromatic amines is 1. The minimum absolute atomic E-state index is 0.773. The molecule has 0 radical (unpaired) electrons. The number of H-pyrrole nitrogens is 1. The zero-order valence-corrected chi connectivity index (χ0v) is 14.6. The molecule has 4 nitrogen and oxygen atoms in total. The van der Waals surface area contributed by atoms with Crippen LogP contribution in [0.5, 0.6) is 23.0 Å². The first-order valence-corrected chi connectivity index (χ1v) is 9.12. The largest absolute Gasteiger partial charge is 0.453 e. The molecule has 1 aromatic heterocycles. The van der Waals surface area contributed by atoms with E-state index in [9.17, 15) is 0 Å². The number of hydrogen-bond donors (Lipinski definition) is 1. The first-order valence-electron chi connectivity index (χ1n) is 9.12. The average molecular weight is 360 g/mol. The summed E-state index contributed by atoms with van der Waals surface area (Å²) in [7, 11) is 0. The molecule has 1 aliphatic carbocycles. The third-order valence-corrected chi connectivity index (χ3v) is 5.43. The maximum absolute atomic E-state index is 6.45. The second-order valence-electron chi connectivity index (χ2n) is 6.98. The standard InChI is InChI=1S/C24H12N2O2/c1-2-8-15-14(7-1)22-16(25-15)13-21-23-24(22)28-20-12-6-4-10-18(20)26(23)17-9-3-5-11-19(17)27-21/h3-13,25H. The summed E-state index contributed by atoms with van der Waals surface area (Å²) in [5, 5.41) is 1.03. The fraction of sp³-hybridized carbons (Fsp3) is 0. The summed E-state index contributed by atoms with van der Waals surface area (Å²) < 4.78 is 12.7. The van der Waals surface area contributed by atoms with E-state index in [2.05, 4.69) is 39.5 Å². The fourth-order valence-electron chi connectivity index (χ4n) is 4.27. The Kier molecular flexibility index (Phi) is 2.40. The van der Waals surface area contributed by atoms with Crippen LogP contribution in [-0.4, -0.2) is 4.98 Å². The van der Waals surface area contributed by atoms with Gasteiger partial charge in [0.1, 0.15) is 5.69 Å². The highest BCUT2D eigenvalue weighted by Crippen LogP contribution is 2.61. The van der Waals surface area contributed by atoms with Crippen molar-refractivity contribution in [1.29, 1.82) is 0 Å². The van der Waals surface area contributed by atoms with Gasteiger partial charge in [-0.2, -0.15) is 0 Å². The van der Waals surface area contributed by atoms with Crippen LogP contribution >= 0.6 is 0 Å². The Balaban J connectivity index is 1.64. The van der Waals surface area contributed by atoms with Crippen LogP contribution < -0.4 is 14.4 Å². The Labute approximate surface area is 160 Å². The van der Waals surface area contributed by atoms with Gasteiger partial charge in [0.15, 0.2) is 23.0 Å². The van der Waals surface area contributed by atoms with Crippen molar-refractivity contribution < 1.29 is 9.47 Å². The lowest BCUT2D eigenvalue weighted by Gasteiger charge is -2.38. The first-order chi connectivity index (χ1) is 13.9. The Morgan fingerprint density at radius 1 is 0.786 bits per heavy atom. The lowest BCUT2D eigenvalue weighted by Crippen LogP contribution is -2.20. The summed E-state index contributed by atoms with van der Waals surface area (Å²) in [6.45, 7) is 0. The molecule has 3 heterocycles. The van der Waals surface area contributed by atoms with Gasteiger partial charge in [-0.1, -0.05) is 35.7 Å². The Morgan fingerprint density at radius 3 is 2.32 bits per heavy atom. The smallest absolute Gasteiger partial charge is 0.165 e. The van der Waals surface area contributed by atoms with Gasteiger partial charge >= 0.3 is 0 Å². The van der Waals surface area contributed by atoms with Crippen LogP contribution in [0.25, 0.3) is 23.1 Å². The molecule has 0 atom stereocenters. The van der Waals surface area contributed by atoms with E-state index in [4.69, 9.17) is 9.47 Å². The molecule has 4 aromatic rings. The summed E-state index contributed by atoms with van der Waals surface area (Å²) in [5.41, 5.74) is 12.0. The molecule has 1 N–H and O–H groups in total. The van der Waals surface area contributed by atoms with Crippen LogP contribution in [0.4, 0.5) is 17.1 Å². The number of hydrogen-bond acceptors (Lipinski definition) is 3. The van der Waals surface area contributed by atoms with Crippen LogP contribution in [0, 0.1) is 0 Å². The van der Waals surface area contributed by atoms with Crippen molar-refractivity contribution in [1.82, 2.24) is 4.98 Å². The number of benzene rings is 3. The van der Waals surface area contributed by atoms with Crippen molar-refractivity contribution in [3.63, 3.8) is 0 Å². The highest BCUT2D eigenvalue weighted by atomic mass is 16.5. The molecule has 0 fully saturated rings. The van der Waals surface area contributed by atoms with Crippen molar-refractivity contribution in [2.24, 2.45) is 0 Å². The molecule has 0 saturated carbocycles. The second kappa shape index (κ2) is 4.79. The zero-order chi connectivity index (χ0) is 18.2. The molecule has 130 valence electrons. The Hall–Kier alpha value is -4.10. The normalized spacial score (nSPS) is 14.1. The first kappa shape index (κ1) is 14.0. The monoisotopic (exact) mass is 360 g/mol. The van der Waals surface area contributed by atoms with Gasteiger partial charge in [-0.15, -0.1) is 0 Å². The van der Waals surface area contributed by atoms with Crippen molar-refractivity contribution in [3.05, 3.63) is 77.3 Å². The van der Waals surface area contributed by atoms with Crippen LogP contribution in [0.15, 0.2) is 66.1 Å². The lowest BCUT2D eigenvalue weighted by atomic mass is 10.0. The molecule has 4 heteroatoms. The van der Waals surface area contributed by atoms with Gasteiger partial charge in [0.25, 0.3) is 0 Å². The van der Waals surface area contributed by atoms with Gasteiger partial charge in [-0.3, -0.25) is 4.90 Å². The maximum Gasteiger partial charge on any atom is 0.165 e. The number of aromatic nitrogens is 1. The molecular formula is C24H12N2O2. The highest BCUT2D eigenvalue weighted by molar-refractivity contribution is 6.07. The summed E-state index contributed by atoms with van der Waals surface area (Å²) in [4.78, 5) is 5.70. The number of anilines is 3.